The Balaban J connectivity index is 1.96. The van der Waals surface area contributed by atoms with Crippen molar-refractivity contribution in [2.45, 2.75) is 18.6 Å². The first-order valence-corrected chi connectivity index (χ1v) is 6.62. The summed E-state index contributed by atoms with van der Waals surface area (Å²) in [4.78, 5) is 0. The van der Waals surface area contributed by atoms with Gasteiger partial charge in [0.1, 0.15) is 23.4 Å². The molecule has 2 aromatic rings. The summed E-state index contributed by atoms with van der Waals surface area (Å²) in [5, 5.41) is 10.1. The third-order valence-corrected chi connectivity index (χ3v) is 3.62. The maximum atomic E-state index is 13.4. The smallest absolute Gasteiger partial charge is 0.127 e. The molecular formula is C15H13ClFNO2. The van der Waals surface area contributed by atoms with Crippen LogP contribution in [0.4, 0.5) is 4.39 Å². The minimum Gasteiger partial charge on any atom is -0.508 e. The number of phenolic OH excluding ortho intramolecular Hbond substituents is 1. The van der Waals surface area contributed by atoms with Crippen molar-refractivity contribution in [3.63, 3.8) is 0 Å². The number of phenols is 1. The molecule has 0 spiro atoms. The van der Waals surface area contributed by atoms with Crippen molar-refractivity contribution < 1.29 is 14.2 Å². The van der Waals surface area contributed by atoms with Gasteiger partial charge in [-0.3, -0.25) is 0 Å². The van der Waals surface area contributed by atoms with Crippen LogP contribution in [-0.4, -0.2) is 5.11 Å². The lowest BCUT2D eigenvalue weighted by atomic mass is 9.93. The molecule has 0 aliphatic carbocycles. The van der Waals surface area contributed by atoms with Gasteiger partial charge in [0.25, 0.3) is 0 Å². The molecule has 0 saturated carbocycles. The average Bonchev–Trinajstić information content (AvgIpc) is 2.38. The van der Waals surface area contributed by atoms with Crippen molar-refractivity contribution in [2.75, 3.05) is 0 Å². The largest absolute Gasteiger partial charge is 0.508 e. The normalized spacial score (nSPS) is 21.1. The Bertz CT molecular complexity index is 642. The fourth-order valence-corrected chi connectivity index (χ4v) is 2.64. The zero-order valence-corrected chi connectivity index (χ0v) is 11.3. The monoisotopic (exact) mass is 293 g/mol. The van der Waals surface area contributed by atoms with Crippen molar-refractivity contribution in [1.29, 1.82) is 0 Å². The molecule has 0 aromatic heterocycles. The highest BCUT2D eigenvalue weighted by molar-refractivity contribution is 6.30. The summed E-state index contributed by atoms with van der Waals surface area (Å²) in [6.45, 7) is 0. The van der Waals surface area contributed by atoms with Crippen LogP contribution in [0, 0.1) is 5.82 Å². The number of hydrogen-bond acceptors (Lipinski definition) is 3. The maximum Gasteiger partial charge on any atom is 0.127 e. The van der Waals surface area contributed by atoms with E-state index in [4.69, 9.17) is 22.1 Å². The average molecular weight is 294 g/mol. The Morgan fingerprint density at radius 2 is 2.05 bits per heavy atom. The maximum absolute atomic E-state index is 13.4. The molecule has 20 heavy (non-hydrogen) atoms. The van der Waals surface area contributed by atoms with Gasteiger partial charge in [-0.1, -0.05) is 11.6 Å². The summed E-state index contributed by atoms with van der Waals surface area (Å²) in [6.07, 6.45) is 0.108. The Morgan fingerprint density at radius 1 is 1.25 bits per heavy atom. The number of benzene rings is 2. The lowest BCUT2D eigenvalue weighted by Crippen LogP contribution is -2.24. The molecule has 104 valence electrons. The van der Waals surface area contributed by atoms with E-state index in [1.54, 1.807) is 18.2 Å². The van der Waals surface area contributed by atoms with Gasteiger partial charge in [-0.15, -0.1) is 0 Å². The fraction of sp³-hybridized carbons (Fsp3) is 0.200. The molecule has 2 atom stereocenters. The van der Waals surface area contributed by atoms with E-state index in [9.17, 15) is 9.50 Å². The summed E-state index contributed by atoms with van der Waals surface area (Å²) in [7, 11) is 0. The highest BCUT2D eigenvalue weighted by atomic mass is 35.5. The predicted molar refractivity (Wildman–Crippen MR) is 74.4 cm³/mol. The molecule has 0 radical (unpaired) electrons. The van der Waals surface area contributed by atoms with E-state index in [-0.39, 0.29) is 17.9 Å². The molecule has 1 aliphatic heterocycles. The summed E-state index contributed by atoms with van der Waals surface area (Å²) < 4.78 is 19.2. The number of ether oxygens (including phenoxy) is 1. The minimum atomic E-state index is -0.501. The molecule has 3 nitrogen and oxygen atoms in total. The SMILES string of the molecule is NC1CC(c2cc(O)cc(F)c2)Oc2ccc(Cl)cc21. The fourth-order valence-electron chi connectivity index (χ4n) is 2.46. The van der Waals surface area contributed by atoms with E-state index in [0.29, 0.717) is 22.8 Å². The number of aromatic hydroxyl groups is 1. The third kappa shape index (κ3) is 2.44. The molecule has 5 heteroatoms. The van der Waals surface area contributed by atoms with Crippen LogP contribution in [0.3, 0.4) is 0 Å². The van der Waals surface area contributed by atoms with Gasteiger partial charge in [0, 0.05) is 29.1 Å². The summed E-state index contributed by atoms with van der Waals surface area (Å²) >= 11 is 5.94. The molecule has 2 aromatic carbocycles. The molecule has 0 amide bonds. The lowest BCUT2D eigenvalue weighted by molar-refractivity contribution is 0.161. The molecule has 2 unspecified atom stereocenters. The van der Waals surface area contributed by atoms with Gasteiger partial charge in [0.15, 0.2) is 0 Å². The van der Waals surface area contributed by atoms with E-state index >= 15 is 0 Å². The van der Waals surface area contributed by atoms with Crippen molar-refractivity contribution in [3.8, 4) is 11.5 Å². The number of hydrogen-bond donors (Lipinski definition) is 2. The van der Waals surface area contributed by atoms with Gasteiger partial charge in [0.2, 0.25) is 0 Å². The first kappa shape index (κ1) is 13.2. The molecule has 1 heterocycles. The van der Waals surface area contributed by atoms with Crippen LogP contribution < -0.4 is 10.5 Å². The van der Waals surface area contributed by atoms with E-state index < -0.39 is 5.82 Å². The van der Waals surface area contributed by atoms with Crippen LogP contribution in [0.2, 0.25) is 5.02 Å². The first-order valence-electron chi connectivity index (χ1n) is 6.24. The zero-order chi connectivity index (χ0) is 14.3. The van der Waals surface area contributed by atoms with Crippen molar-refractivity contribution in [1.82, 2.24) is 0 Å². The van der Waals surface area contributed by atoms with Gasteiger partial charge in [0.05, 0.1) is 0 Å². The minimum absolute atomic E-state index is 0.126. The van der Waals surface area contributed by atoms with Crippen molar-refractivity contribution >= 4 is 11.6 Å². The Hall–Kier alpha value is -1.78. The predicted octanol–water partition coefficient (Wildman–Crippen LogP) is 3.71. The Labute approximate surface area is 120 Å². The standard InChI is InChI=1S/C15H13ClFNO2/c16-9-1-2-14-12(5-9)13(18)7-15(20-14)8-3-10(17)6-11(19)4-8/h1-6,13,15,19H,7,18H2. The molecule has 0 fully saturated rings. The second-order valence-corrected chi connectivity index (χ2v) is 5.31. The molecule has 3 rings (SSSR count). The highest BCUT2D eigenvalue weighted by Gasteiger charge is 2.27. The molecule has 3 N–H and O–H groups in total. The molecule has 0 bridgehead atoms. The van der Waals surface area contributed by atoms with Gasteiger partial charge < -0.3 is 15.6 Å². The Kier molecular flexibility index (Phi) is 3.28. The molecule has 0 saturated heterocycles. The number of fused-ring (bicyclic) bond motifs is 1. The first-order chi connectivity index (χ1) is 9.52. The van der Waals surface area contributed by atoms with Gasteiger partial charge in [-0.25, -0.2) is 4.39 Å². The van der Waals surface area contributed by atoms with Crippen LogP contribution in [0.1, 0.15) is 29.7 Å². The van der Waals surface area contributed by atoms with Gasteiger partial charge >= 0.3 is 0 Å². The van der Waals surface area contributed by atoms with Crippen LogP contribution in [0.5, 0.6) is 11.5 Å². The van der Waals surface area contributed by atoms with Crippen LogP contribution >= 0.6 is 11.6 Å². The number of rotatable bonds is 1. The number of nitrogens with two attached hydrogens (primary N) is 1. The van der Waals surface area contributed by atoms with Crippen molar-refractivity contribution in [2.24, 2.45) is 5.73 Å². The summed E-state index contributed by atoms with van der Waals surface area (Å²) in [6, 6.07) is 8.90. The zero-order valence-electron chi connectivity index (χ0n) is 10.5. The van der Waals surface area contributed by atoms with Gasteiger partial charge in [-0.05, 0) is 35.9 Å². The quantitative estimate of drug-likeness (QED) is 0.843. The van der Waals surface area contributed by atoms with E-state index in [2.05, 4.69) is 0 Å². The number of halogens is 2. The topological polar surface area (TPSA) is 55.5 Å². The Morgan fingerprint density at radius 3 is 2.80 bits per heavy atom. The van der Waals surface area contributed by atoms with E-state index in [1.807, 2.05) is 0 Å². The van der Waals surface area contributed by atoms with Crippen molar-refractivity contribution in [3.05, 3.63) is 58.4 Å². The second-order valence-electron chi connectivity index (χ2n) is 4.87. The summed E-state index contributed by atoms with van der Waals surface area (Å²) in [5.41, 5.74) is 7.53. The molecule has 1 aliphatic rings. The molecular weight excluding hydrogens is 281 g/mol. The van der Waals surface area contributed by atoms with Crippen LogP contribution in [0.15, 0.2) is 36.4 Å². The van der Waals surface area contributed by atoms with E-state index in [0.717, 1.165) is 11.6 Å². The van der Waals surface area contributed by atoms with Gasteiger partial charge in [-0.2, -0.15) is 0 Å². The summed E-state index contributed by atoms with van der Waals surface area (Å²) in [5.74, 6) is 0.0139. The van der Waals surface area contributed by atoms with Crippen LogP contribution in [0.25, 0.3) is 0 Å². The van der Waals surface area contributed by atoms with Crippen LogP contribution in [-0.2, 0) is 0 Å². The lowest BCUT2D eigenvalue weighted by Gasteiger charge is -2.30. The highest BCUT2D eigenvalue weighted by Crippen LogP contribution is 2.41. The van der Waals surface area contributed by atoms with E-state index in [1.165, 1.54) is 12.1 Å². The second kappa shape index (κ2) is 4.96. The third-order valence-electron chi connectivity index (χ3n) is 3.39.